The first-order valence-corrected chi connectivity index (χ1v) is 8.66. The largest absolute Gasteiger partial charge is 0.472 e. The Morgan fingerprint density at radius 2 is 2.12 bits per heavy atom. The molecule has 0 radical (unpaired) electrons. The molecule has 0 bridgehead atoms. The maximum Gasteiger partial charge on any atom is 0.0981 e. The van der Waals surface area contributed by atoms with Gasteiger partial charge in [0.2, 0.25) is 0 Å². The van der Waals surface area contributed by atoms with Crippen LogP contribution in [-0.4, -0.2) is 44.3 Å². The first-order chi connectivity index (χ1) is 11.8. The third kappa shape index (κ3) is 4.08. The molecule has 0 aliphatic carbocycles. The van der Waals surface area contributed by atoms with Crippen molar-refractivity contribution in [3.05, 3.63) is 46.7 Å². The Morgan fingerprint density at radius 3 is 2.83 bits per heavy atom. The first kappa shape index (κ1) is 16.8. The van der Waals surface area contributed by atoms with Crippen LogP contribution in [0.1, 0.15) is 12.5 Å². The minimum Gasteiger partial charge on any atom is -0.472 e. The van der Waals surface area contributed by atoms with Gasteiger partial charge in [0.05, 0.1) is 25.7 Å². The number of nitrogens with zero attached hydrogens (tertiary/aromatic N) is 1. The molecule has 0 atom stereocenters. The van der Waals surface area contributed by atoms with Crippen molar-refractivity contribution in [2.75, 3.05) is 39.4 Å². The van der Waals surface area contributed by atoms with Crippen LogP contribution in [0.15, 0.2) is 35.1 Å². The highest BCUT2D eigenvalue weighted by atomic mass is 16.5. The summed E-state index contributed by atoms with van der Waals surface area (Å²) in [6.07, 6.45) is 6.57. The normalized spacial score (nSPS) is 16.5. The number of aryl methyl sites for hydroxylation is 1. The van der Waals surface area contributed by atoms with Crippen molar-refractivity contribution in [3.63, 3.8) is 0 Å². The molecule has 0 amide bonds. The lowest BCUT2D eigenvalue weighted by Crippen LogP contribution is -2.40. The molecule has 3 rings (SSSR count). The average Bonchev–Trinajstić information content (AvgIpc) is 3.15. The van der Waals surface area contributed by atoms with Gasteiger partial charge in [-0.25, -0.2) is 0 Å². The molecule has 1 aromatic heterocycles. The summed E-state index contributed by atoms with van der Waals surface area (Å²) in [5.74, 6) is 0. The highest BCUT2D eigenvalue weighted by Crippen LogP contribution is 2.22. The fourth-order valence-electron chi connectivity index (χ4n) is 3.05. The van der Waals surface area contributed by atoms with Gasteiger partial charge in [-0.1, -0.05) is 13.5 Å². The van der Waals surface area contributed by atoms with Gasteiger partial charge in [-0.15, -0.1) is 0 Å². The number of rotatable bonds is 6. The van der Waals surface area contributed by atoms with Crippen LogP contribution in [0.3, 0.4) is 0 Å². The molecule has 4 nitrogen and oxygen atoms in total. The van der Waals surface area contributed by atoms with Crippen LogP contribution in [0, 0.1) is 0 Å². The molecule has 1 N–H and O–H groups in total. The molecule has 2 aromatic rings. The number of nitrogens with one attached hydrogen (secondary N) is 1. The summed E-state index contributed by atoms with van der Waals surface area (Å²) in [5.41, 5.74) is 3.63. The third-order valence-electron chi connectivity index (χ3n) is 4.51. The lowest BCUT2D eigenvalue weighted by atomic mass is 9.98. The smallest absolute Gasteiger partial charge is 0.0981 e. The number of furan rings is 1. The molecule has 1 aliphatic heterocycles. The van der Waals surface area contributed by atoms with Gasteiger partial charge in [0.15, 0.2) is 0 Å². The van der Waals surface area contributed by atoms with Gasteiger partial charge < -0.3 is 14.5 Å². The predicted molar refractivity (Wildman–Crippen MR) is 98.0 cm³/mol. The predicted octanol–water partition coefficient (Wildman–Crippen LogP) is 1.58. The van der Waals surface area contributed by atoms with Crippen LogP contribution < -0.4 is 15.8 Å². The zero-order valence-electron chi connectivity index (χ0n) is 14.4. The molecule has 1 aromatic carbocycles. The van der Waals surface area contributed by atoms with Gasteiger partial charge in [0.25, 0.3) is 0 Å². The number of hydrogen-bond donors (Lipinski definition) is 1. The minimum atomic E-state index is 0.849. The SMILES string of the molecule is C=c1cc(-c2ccoc2)c(CC)c/c1=C/NCCN1CCOCC1. The van der Waals surface area contributed by atoms with E-state index in [2.05, 4.69) is 42.1 Å². The molecule has 1 fully saturated rings. The molecule has 0 unspecified atom stereocenters. The molecular formula is C20H26N2O2. The fraction of sp³-hybridized carbons (Fsp3) is 0.400. The highest BCUT2D eigenvalue weighted by molar-refractivity contribution is 5.66. The van der Waals surface area contributed by atoms with Crippen molar-refractivity contribution in [2.45, 2.75) is 13.3 Å². The quantitative estimate of drug-likeness (QED) is 0.818. The highest BCUT2D eigenvalue weighted by Gasteiger charge is 2.09. The van der Waals surface area contributed by atoms with Crippen molar-refractivity contribution >= 4 is 12.8 Å². The van der Waals surface area contributed by atoms with Crippen LogP contribution in [-0.2, 0) is 11.2 Å². The number of benzene rings is 1. The van der Waals surface area contributed by atoms with Crippen LogP contribution >= 0.6 is 0 Å². The molecule has 2 heterocycles. The second-order valence-corrected chi connectivity index (χ2v) is 6.13. The van der Waals surface area contributed by atoms with Crippen LogP contribution in [0.25, 0.3) is 23.9 Å². The summed E-state index contributed by atoms with van der Waals surface area (Å²) in [6, 6.07) is 6.38. The molecule has 128 valence electrons. The van der Waals surface area contributed by atoms with Gasteiger partial charge >= 0.3 is 0 Å². The zero-order chi connectivity index (χ0) is 16.8. The monoisotopic (exact) mass is 326 g/mol. The van der Waals surface area contributed by atoms with E-state index < -0.39 is 0 Å². The van der Waals surface area contributed by atoms with Gasteiger partial charge in [0, 0.05) is 37.9 Å². The Kier molecular flexibility index (Phi) is 5.72. The van der Waals surface area contributed by atoms with Crippen molar-refractivity contribution in [1.82, 2.24) is 10.2 Å². The molecule has 4 heteroatoms. The Balaban J connectivity index is 1.70. The zero-order valence-corrected chi connectivity index (χ0v) is 14.4. The van der Waals surface area contributed by atoms with Gasteiger partial charge in [-0.3, -0.25) is 4.90 Å². The number of morpholine rings is 1. The summed E-state index contributed by atoms with van der Waals surface area (Å²) in [5, 5.41) is 5.61. The van der Waals surface area contributed by atoms with E-state index in [-0.39, 0.29) is 0 Å². The summed E-state index contributed by atoms with van der Waals surface area (Å²) in [6.45, 7) is 12.1. The maximum atomic E-state index is 5.37. The second-order valence-electron chi connectivity index (χ2n) is 6.13. The van der Waals surface area contributed by atoms with E-state index in [0.29, 0.717) is 0 Å². The van der Waals surface area contributed by atoms with Gasteiger partial charge in [-0.2, -0.15) is 0 Å². The fourth-order valence-corrected chi connectivity index (χ4v) is 3.05. The third-order valence-corrected chi connectivity index (χ3v) is 4.51. The molecular weight excluding hydrogens is 300 g/mol. The van der Waals surface area contributed by atoms with E-state index in [1.807, 2.05) is 6.07 Å². The summed E-state index contributed by atoms with van der Waals surface area (Å²) in [4.78, 5) is 2.43. The van der Waals surface area contributed by atoms with E-state index in [0.717, 1.165) is 61.8 Å². The summed E-state index contributed by atoms with van der Waals surface area (Å²) in [7, 11) is 0. The van der Waals surface area contributed by atoms with E-state index in [4.69, 9.17) is 9.15 Å². The van der Waals surface area contributed by atoms with E-state index in [9.17, 15) is 0 Å². The topological polar surface area (TPSA) is 37.6 Å². The van der Waals surface area contributed by atoms with E-state index >= 15 is 0 Å². The van der Waals surface area contributed by atoms with E-state index in [1.54, 1.807) is 12.5 Å². The van der Waals surface area contributed by atoms with Gasteiger partial charge in [0.1, 0.15) is 0 Å². The molecule has 24 heavy (non-hydrogen) atoms. The number of hydrogen-bond acceptors (Lipinski definition) is 4. The van der Waals surface area contributed by atoms with Crippen molar-refractivity contribution in [1.29, 1.82) is 0 Å². The Hall–Kier alpha value is -2.04. The van der Waals surface area contributed by atoms with Crippen LogP contribution in [0.5, 0.6) is 0 Å². The standard InChI is InChI=1S/C20H26N2O2/c1-3-17-13-19(14-21-5-6-22-7-10-23-11-8-22)16(2)12-20(17)18-4-9-24-15-18/h4,9,12-15,21H,2-3,5-8,10-11H2,1H3/b19-14-. The van der Waals surface area contributed by atoms with Crippen molar-refractivity contribution in [2.24, 2.45) is 0 Å². The minimum absolute atomic E-state index is 0.849. The van der Waals surface area contributed by atoms with Crippen LogP contribution in [0.2, 0.25) is 0 Å². The first-order valence-electron chi connectivity index (χ1n) is 8.66. The van der Waals surface area contributed by atoms with Gasteiger partial charge in [-0.05, 0) is 46.2 Å². The Labute approximate surface area is 143 Å². The molecule has 0 spiro atoms. The summed E-state index contributed by atoms with van der Waals surface area (Å²) < 4.78 is 10.6. The maximum absolute atomic E-state index is 5.37. The lowest BCUT2D eigenvalue weighted by Gasteiger charge is -2.26. The Bertz CT molecular complexity index is 747. The molecule has 1 aliphatic rings. The summed E-state index contributed by atoms with van der Waals surface area (Å²) >= 11 is 0. The average molecular weight is 326 g/mol. The van der Waals surface area contributed by atoms with Crippen molar-refractivity contribution < 1.29 is 9.15 Å². The van der Waals surface area contributed by atoms with E-state index in [1.165, 1.54) is 11.1 Å². The van der Waals surface area contributed by atoms with Crippen LogP contribution in [0.4, 0.5) is 0 Å². The molecule has 1 saturated heterocycles. The lowest BCUT2D eigenvalue weighted by molar-refractivity contribution is 0.0389. The second kappa shape index (κ2) is 8.18. The number of ether oxygens (including phenoxy) is 1. The van der Waals surface area contributed by atoms with Crippen molar-refractivity contribution in [3.8, 4) is 11.1 Å². The Morgan fingerprint density at radius 1 is 1.29 bits per heavy atom. The molecule has 0 saturated carbocycles.